The smallest absolute Gasteiger partial charge is 0.241 e. The van der Waals surface area contributed by atoms with Gasteiger partial charge in [-0.2, -0.15) is 0 Å². The first-order valence-electron chi connectivity index (χ1n) is 5.54. The fourth-order valence-corrected chi connectivity index (χ4v) is 2.02. The molecule has 1 atom stereocenters. The summed E-state index contributed by atoms with van der Waals surface area (Å²) in [5.74, 6) is -0.137. The molecule has 0 heterocycles. The van der Waals surface area contributed by atoms with E-state index in [-0.39, 0.29) is 11.3 Å². The molecule has 0 aliphatic carbocycles. The third-order valence-electron chi connectivity index (χ3n) is 2.66. The van der Waals surface area contributed by atoms with Gasteiger partial charge in [-0.25, -0.2) is 0 Å². The van der Waals surface area contributed by atoms with Crippen LogP contribution in [0.25, 0.3) is 0 Å². The highest BCUT2D eigenvalue weighted by Gasteiger charge is 2.27. The second-order valence-corrected chi connectivity index (χ2v) is 6.54. The SMILES string of the molecule is Cc1cc(I)ccc1NC(=O)C(N)C(C)(C)C. The average molecular weight is 346 g/mol. The molecule has 1 aromatic carbocycles. The summed E-state index contributed by atoms with van der Waals surface area (Å²) < 4.78 is 1.15. The van der Waals surface area contributed by atoms with Gasteiger partial charge < -0.3 is 11.1 Å². The molecule has 3 N–H and O–H groups in total. The Morgan fingerprint density at radius 3 is 2.47 bits per heavy atom. The van der Waals surface area contributed by atoms with Gasteiger partial charge >= 0.3 is 0 Å². The van der Waals surface area contributed by atoms with E-state index >= 15 is 0 Å². The number of amides is 1. The molecule has 0 radical (unpaired) electrons. The third kappa shape index (κ3) is 3.96. The minimum absolute atomic E-state index is 0.137. The maximum atomic E-state index is 12.0. The topological polar surface area (TPSA) is 55.1 Å². The van der Waals surface area contributed by atoms with Crippen molar-refractivity contribution in [2.75, 3.05) is 5.32 Å². The molecule has 1 amide bonds. The molecule has 0 spiro atoms. The minimum atomic E-state index is -0.513. The standard InChI is InChI=1S/C13H19IN2O/c1-8-7-9(14)5-6-10(8)16-12(17)11(15)13(2,3)4/h5-7,11H,15H2,1-4H3,(H,16,17). The highest BCUT2D eigenvalue weighted by molar-refractivity contribution is 14.1. The lowest BCUT2D eigenvalue weighted by Crippen LogP contribution is -2.45. The van der Waals surface area contributed by atoms with E-state index in [1.165, 1.54) is 0 Å². The molecule has 1 unspecified atom stereocenters. The van der Waals surface area contributed by atoms with Gasteiger partial charge in [-0.1, -0.05) is 20.8 Å². The summed E-state index contributed by atoms with van der Waals surface area (Å²) in [6.45, 7) is 7.84. The summed E-state index contributed by atoms with van der Waals surface area (Å²) >= 11 is 2.24. The van der Waals surface area contributed by atoms with Crippen LogP contribution >= 0.6 is 22.6 Å². The Bertz CT molecular complexity index is 424. The first-order valence-corrected chi connectivity index (χ1v) is 6.62. The van der Waals surface area contributed by atoms with Crippen LogP contribution in [0.15, 0.2) is 18.2 Å². The molecule has 1 rings (SSSR count). The lowest BCUT2D eigenvalue weighted by molar-refractivity contribution is -0.119. The molecular weight excluding hydrogens is 327 g/mol. The van der Waals surface area contributed by atoms with Gasteiger partial charge in [0.2, 0.25) is 5.91 Å². The van der Waals surface area contributed by atoms with Crippen molar-refractivity contribution in [3.05, 3.63) is 27.3 Å². The minimum Gasteiger partial charge on any atom is -0.324 e. The summed E-state index contributed by atoms with van der Waals surface area (Å²) in [7, 11) is 0. The van der Waals surface area contributed by atoms with Gasteiger partial charge in [0, 0.05) is 9.26 Å². The summed E-state index contributed by atoms with van der Waals surface area (Å²) in [4.78, 5) is 12.0. The Labute approximate surface area is 116 Å². The number of nitrogens with one attached hydrogen (secondary N) is 1. The normalized spacial score (nSPS) is 13.3. The van der Waals surface area contributed by atoms with E-state index in [9.17, 15) is 4.79 Å². The van der Waals surface area contributed by atoms with Crippen LogP contribution in [0.3, 0.4) is 0 Å². The summed E-state index contributed by atoms with van der Waals surface area (Å²) in [6.07, 6.45) is 0. The highest BCUT2D eigenvalue weighted by atomic mass is 127. The van der Waals surface area contributed by atoms with Gasteiger partial charge in [0.25, 0.3) is 0 Å². The summed E-state index contributed by atoms with van der Waals surface area (Å²) in [6, 6.07) is 5.38. The van der Waals surface area contributed by atoms with Crippen LogP contribution in [0.1, 0.15) is 26.3 Å². The quantitative estimate of drug-likeness (QED) is 0.809. The molecule has 0 aliphatic heterocycles. The Kier molecular flexibility index (Phi) is 4.55. The average Bonchev–Trinajstić information content (AvgIpc) is 2.19. The number of rotatable bonds is 2. The molecule has 4 heteroatoms. The molecule has 0 aromatic heterocycles. The van der Waals surface area contributed by atoms with E-state index in [2.05, 4.69) is 27.9 Å². The van der Waals surface area contributed by atoms with Crippen molar-refractivity contribution in [3.8, 4) is 0 Å². The van der Waals surface area contributed by atoms with Crippen molar-refractivity contribution in [2.45, 2.75) is 33.7 Å². The van der Waals surface area contributed by atoms with Gasteiger partial charge in [0.05, 0.1) is 6.04 Å². The van der Waals surface area contributed by atoms with Gasteiger partial charge in [0.15, 0.2) is 0 Å². The van der Waals surface area contributed by atoms with Gasteiger partial charge in [0.1, 0.15) is 0 Å². The maximum Gasteiger partial charge on any atom is 0.241 e. The molecule has 0 aliphatic rings. The Hall–Kier alpha value is -0.620. The van der Waals surface area contributed by atoms with Gasteiger partial charge in [-0.15, -0.1) is 0 Å². The molecule has 94 valence electrons. The number of halogens is 1. The zero-order valence-electron chi connectivity index (χ0n) is 10.7. The number of anilines is 1. The van der Waals surface area contributed by atoms with Crippen molar-refractivity contribution in [1.82, 2.24) is 0 Å². The third-order valence-corrected chi connectivity index (χ3v) is 3.33. The van der Waals surface area contributed by atoms with Crippen LogP contribution in [0.2, 0.25) is 0 Å². The van der Waals surface area contributed by atoms with Crippen LogP contribution in [0, 0.1) is 15.9 Å². The van der Waals surface area contributed by atoms with E-state index in [4.69, 9.17) is 5.73 Å². The molecule has 0 saturated carbocycles. The molecule has 1 aromatic rings. The zero-order valence-corrected chi connectivity index (χ0v) is 12.8. The Morgan fingerprint density at radius 2 is 2.00 bits per heavy atom. The predicted molar refractivity (Wildman–Crippen MR) is 80.0 cm³/mol. The van der Waals surface area contributed by atoms with E-state index < -0.39 is 6.04 Å². The van der Waals surface area contributed by atoms with E-state index in [0.717, 1.165) is 14.8 Å². The van der Waals surface area contributed by atoms with Crippen LogP contribution in [0.4, 0.5) is 5.69 Å². The van der Waals surface area contributed by atoms with Crippen molar-refractivity contribution in [3.63, 3.8) is 0 Å². The van der Waals surface area contributed by atoms with Crippen molar-refractivity contribution < 1.29 is 4.79 Å². The number of hydrogen-bond acceptors (Lipinski definition) is 2. The number of carbonyl (C=O) groups excluding carboxylic acids is 1. The summed E-state index contributed by atoms with van der Waals surface area (Å²) in [5, 5.41) is 2.88. The van der Waals surface area contributed by atoms with Crippen LogP contribution in [-0.4, -0.2) is 11.9 Å². The fraction of sp³-hybridized carbons (Fsp3) is 0.462. The zero-order chi connectivity index (χ0) is 13.2. The predicted octanol–water partition coefficient (Wildman–Crippen LogP) is 2.91. The van der Waals surface area contributed by atoms with E-state index in [1.807, 2.05) is 45.9 Å². The maximum absolute atomic E-state index is 12.0. The van der Waals surface area contributed by atoms with E-state index in [1.54, 1.807) is 0 Å². The lowest BCUT2D eigenvalue weighted by Gasteiger charge is -2.26. The first kappa shape index (κ1) is 14.4. The highest BCUT2D eigenvalue weighted by Crippen LogP contribution is 2.21. The van der Waals surface area contributed by atoms with Crippen LogP contribution in [-0.2, 0) is 4.79 Å². The Morgan fingerprint density at radius 1 is 1.41 bits per heavy atom. The molecule has 17 heavy (non-hydrogen) atoms. The first-order chi connectivity index (χ1) is 7.71. The summed E-state index contributed by atoms with van der Waals surface area (Å²) in [5.41, 5.74) is 7.55. The molecular formula is C13H19IN2O. The number of carbonyl (C=O) groups is 1. The molecule has 0 bridgehead atoms. The number of nitrogens with two attached hydrogens (primary N) is 1. The van der Waals surface area contributed by atoms with Gasteiger partial charge in [-0.3, -0.25) is 4.79 Å². The Balaban J connectivity index is 2.82. The molecule has 0 saturated heterocycles. The second-order valence-electron chi connectivity index (χ2n) is 5.29. The van der Waals surface area contributed by atoms with Crippen LogP contribution in [0.5, 0.6) is 0 Å². The van der Waals surface area contributed by atoms with Crippen molar-refractivity contribution in [1.29, 1.82) is 0 Å². The number of hydrogen-bond donors (Lipinski definition) is 2. The fourth-order valence-electron chi connectivity index (χ4n) is 1.37. The van der Waals surface area contributed by atoms with E-state index in [0.29, 0.717) is 0 Å². The van der Waals surface area contributed by atoms with Crippen LogP contribution < -0.4 is 11.1 Å². The lowest BCUT2D eigenvalue weighted by atomic mass is 9.87. The van der Waals surface area contributed by atoms with Crippen molar-refractivity contribution >= 4 is 34.2 Å². The largest absolute Gasteiger partial charge is 0.324 e. The monoisotopic (exact) mass is 346 g/mol. The number of aryl methyl sites for hydroxylation is 1. The van der Waals surface area contributed by atoms with Gasteiger partial charge in [-0.05, 0) is 58.7 Å². The van der Waals surface area contributed by atoms with Crippen molar-refractivity contribution in [2.24, 2.45) is 11.1 Å². The molecule has 3 nitrogen and oxygen atoms in total. The molecule has 0 fully saturated rings. The number of benzene rings is 1. The second kappa shape index (κ2) is 5.35.